The van der Waals surface area contributed by atoms with Gasteiger partial charge in [-0.15, -0.1) is 4.94 Å². The second kappa shape index (κ2) is 15.1. The fraction of sp³-hybridized carbons (Fsp3) is 0.0328. The van der Waals surface area contributed by atoms with Crippen LogP contribution in [0, 0.1) is 0 Å². The van der Waals surface area contributed by atoms with Gasteiger partial charge in [0.2, 0.25) is 0 Å². The lowest BCUT2D eigenvalue weighted by Crippen LogP contribution is -2.29. The second-order valence-corrected chi connectivity index (χ2v) is 17.2. The third-order valence-corrected chi connectivity index (χ3v) is 13.7. The summed E-state index contributed by atoms with van der Waals surface area (Å²) in [5.41, 5.74) is 18.8. The molecule has 312 valence electrons. The maximum Gasteiger partial charge on any atom is 0.138 e. The van der Waals surface area contributed by atoms with Crippen molar-refractivity contribution in [1.82, 2.24) is 9.55 Å². The van der Waals surface area contributed by atoms with Crippen LogP contribution >= 0.6 is 0 Å². The molecule has 0 atom stereocenters. The first-order valence-electron chi connectivity index (χ1n) is 22.5. The van der Waals surface area contributed by atoms with Gasteiger partial charge in [0.05, 0.1) is 33.5 Å². The zero-order chi connectivity index (χ0) is 43.8. The van der Waals surface area contributed by atoms with E-state index < -0.39 is 5.41 Å². The Bertz CT molecular complexity index is 3570. The zero-order valence-electron chi connectivity index (χ0n) is 36.2. The Morgan fingerprint density at radius 2 is 1.00 bits per heavy atom. The lowest BCUT2D eigenvalue weighted by atomic mass is 9.67. The highest BCUT2D eigenvalue weighted by molar-refractivity contribution is 6.10. The highest BCUT2D eigenvalue weighted by Gasteiger charge is 2.46. The smallest absolute Gasteiger partial charge is 0.138 e. The molecule has 0 radical (unpaired) electrons. The molecule has 2 aliphatic rings. The minimum Gasteiger partial charge on any atom is -0.294 e. The van der Waals surface area contributed by atoms with Crippen molar-refractivity contribution in [3.8, 4) is 50.3 Å². The number of hydroxylamine groups is 1. The summed E-state index contributed by atoms with van der Waals surface area (Å²) < 4.78 is 2.37. The summed E-state index contributed by atoms with van der Waals surface area (Å²) in [4.78, 5) is 11.6. The van der Waals surface area contributed by atoms with Gasteiger partial charge in [-0.05, 0) is 115 Å². The molecule has 1 aliphatic carbocycles. The summed E-state index contributed by atoms with van der Waals surface area (Å²) in [6.07, 6.45) is 1.97. The number of hydrogen-bond acceptors (Lipinski definition) is 4. The van der Waals surface area contributed by atoms with Crippen LogP contribution in [0.2, 0.25) is 0 Å². The highest BCUT2D eigenvalue weighted by atomic mass is 16.8. The van der Waals surface area contributed by atoms with Gasteiger partial charge in [-0.25, -0.2) is 10.0 Å². The first-order chi connectivity index (χ1) is 32.7. The number of rotatable bonds is 7. The molecule has 0 N–H and O–H groups in total. The first kappa shape index (κ1) is 38.0. The van der Waals surface area contributed by atoms with E-state index in [1.807, 2.05) is 29.4 Å². The minimum absolute atomic E-state index is 0.668. The Kier molecular flexibility index (Phi) is 8.67. The Hall–Kier alpha value is -8.51. The van der Waals surface area contributed by atoms with Gasteiger partial charge in [0.25, 0.3) is 0 Å². The van der Waals surface area contributed by atoms with Crippen molar-refractivity contribution >= 4 is 38.9 Å². The molecule has 5 heteroatoms. The topological polar surface area (TPSA) is 33.5 Å². The predicted octanol–water partition coefficient (Wildman–Crippen LogP) is 15.0. The Balaban J connectivity index is 1.06. The molecule has 0 saturated heterocycles. The molecule has 66 heavy (non-hydrogen) atoms. The molecule has 11 aromatic rings. The Morgan fingerprint density at radius 1 is 0.424 bits per heavy atom. The van der Waals surface area contributed by atoms with Crippen LogP contribution in [-0.4, -0.2) is 16.6 Å². The quantitative estimate of drug-likeness (QED) is 0.160. The van der Waals surface area contributed by atoms with Gasteiger partial charge in [0.1, 0.15) is 5.82 Å². The molecule has 5 nitrogen and oxygen atoms in total. The van der Waals surface area contributed by atoms with Crippen LogP contribution in [0.4, 0.5) is 17.1 Å². The summed E-state index contributed by atoms with van der Waals surface area (Å²) in [6, 6.07) is 83.4. The Labute approximate surface area is 383 Å². The van der Waals surface area contributed by atoms with Crippen molar-refractivity contribution in [2.75, 3.05) is 17.2 Å². The summed E-state index contributed by atoms with van der Waals surface area (Å²) >= 11 is 0. The number of para-hydroxylation sites is 3. The number of aromatic nitrogens is 2. The lowest BCUT2D eigenvalue weighted by molar-refractivity contribution is 0.142. The van der Waals surface area contributed by atoms with Gasteiger partial charge in [0.15, 0.2) is 0 Å². The van der Waals surface area contributed by atoms with Crippen molar-refractivity contribution in [3.63, 3.8) is 0 Å². The van der Waals surface area contributed by atoms with E-state index in [9.17, 15) is 0 Å². The van der Waals surface area contributed by atoms with E-state index in [1.54, 1.807) is 0 Å². The second-order valence-electron chi connectivity index (χ2n) is 17.2. The van der Waals surface area contributed by atoms with E-state index in [4.69, 9.17) is 9.92 Å². The summed E-state index contributed by atoms with van der Waals surface area (Å²) in [5, 5.41) is 6.12. The molecule has 0 fully saturated rings. The fourth-order valence-electron chi connectivity index (χ4n) is 10.9. The molecule has 13 rings (SSSR count). The molecule has 0 spiro atoms. The van der Waals surface area contributed by atoms with Gasteiger partial charge >= 0.3 is 0 Å². The van der Waals surface area contributed by atoms with Crippen molar-refractivity contribution in [2.24, 2.45) is 0 Å². The number of hydrogen-bond donors (Lipinski definition) is 0. The number of pyridine rings is 1. The van der Waals surface area contributed by atoms with Gasteiger partial charge in [-0.1, -0.05) is 182 Å². The van der Waals surface area contributed by atoms with Crippen LogP contribution in [0.3, 0.4) is 0 Å². The van der Waals surface area contributed by atoms with E-state index in [-0.39, 0.29) is 0 Å². The molecular formula is C61H42N4O. The monoisotopic (exact) mass is 846 g/mol. The van der Waals surface area contributed by atoms with Crippen LogP contribution in [0.1, 0.15) is 22.3 Å². The predicted molar refractivity (Wildman–Crippen MR) is 270 cm³/mol. The van der Waals surface area contributed by atoms with Crippen molar-refractivity contribution < 1.29 is 4.94 Å². The summed E-state index contributed by atoms with van der Waals surface area (Å²) in [6.45, 7) is 0. The molecule has 0 amide bonds. The fourth-order valence-corrected chi connectivity index (χ4v) is 10.9. The van der Waals surface area contributed by atoms with Crippen molar-refractivity contribution in [2.45, 2.75) is 5.41 Å². The molecule has 0 saturated carbocycles. The molecule has 3 heterocycles. The maximum atomic E-state index is 6.43. The largest absolute Gasteiger partial charge is 0.294 e. The third kappa shape index (κ3) is 5.67. The molecule has 1 aliphatic heterocycles. The van der Waals surface area contributed by atoms with Gasteiger partial charge in [0, 0.05) is 24.0 Å². The number of anilines is 3. The molecular weight excluding hydrogens is 805 g/mol. The van der Waals surface area contributed by atoms with Crippen LogP contribution < -0.4 is 10.1 Å². The SMILES string of the molecule is CN1ON(c2cccc(C3(c4ccc5c6ccccc6n(-c6cc(-c7c(-c8ccccc8)cccc7-c7ccccc7)ccn6)c5c4)c4ccccc4-c4ccccc43)c2)c2ccccc21. The van der Waals surface area contributed by atoms with E-state index >= 15 is 0 Å². The summed E-state index contributed by atoms with van der Waals surface area (Å²) in [5.74, 6) is 0.856. The first-order valence-corrected chi connectivity index (χ1v) is 22.5. The van der Waals surface area contributed by atoms with E-state index in [0.717, 1.165) is 45.0 Å². The van der Waals surface area contributed by atoms with Crippen LogP contribution in [0.15, 0.2) is 237 Å². The summed E-state index contributed by atoms with van der Waals surface area (Å²) in [7, 11) is 1.96. The standard InChI is InChI=1S/C61H42N4O/c1-63-56-32-14-15-33-57(56)65(66-63)46-23-16-22-44(39-46)61(53-29-11-8-24-49(53)50-25-9-12-30-54(50)61)45-34-35-52-51-26-10-13-31-55(51)64(58(52)40-45)59-38-43(36-37-62-59)60-47(41-18-4-2-5-19-41)27-17-28-48(60)42-20-6-3-7-21-42/h2-40H,1H3. The van der Waals surface area contributed by atoms with E-state index in [0.29, 0.717) is 0 Å². The minimum atomic E-state index is -0.668. The van der Waals surface area contributed by atoms with E-state index in [1.165, 1.54) is 66.4 Å². The van der Waals surface area contributed by atoms with Gasteiger partial charge in [-0.3, -0.25) is 4.57 Å². The maximum absolute atomic E-state index is 6.43. The normalized spacial score (nSPS) is 13.5. The van der Waals surface area contributed by atoms with E-state index in [2.05, 4.69) is 229 Å². The average molecular weight is 847 g/mol. The average Bonchev–Trinajstić information content (AvgIpc) is 4.02. The van der Waals surface area contributed by atoms with Crippen LogP contribution in [-0.2, 0) is 10.4 Å². The zero-order valence-corrected chi connectivity index (χ0v) is 36.2. The molecule has 0 bridgehead atoms. The third-order valence-electron chi connectivity index (χ3n) is 13.7. The van der Waals surface area contributed by atoms with Gasteiger partial charge < -0.3 is 0 Å². The van der Waals surface area contributed by atoms with Crippen LogP contribution in [0.25, 0.3) is 72.1 Å². The van der Waals surface area contributed by atoms with Gasteiger partial charge in [-0.2, -0.15) is 5.06 Å². The number of nitrogens with zero attached hydrogens (tertiary/aromatic N) is 4. The van der Waals surface area contributed by atoms with Crippen molar-refractivity contribution in [1.29, 1.82) is 0 Å². The number of fused-ring (bicyclic) bond motifs is 7. The highest BCUT2D eigenvalue weighted by Crippen LogP contribution is 2.57. The van der Waals surface area contributed by atoms with Crippen LogP contribution in [0.5, 0.6) is 0 Å². The molecule has 2 aromatic heterocycles. The van der Waals surface area contributed by atoms with Crippen molar-refractivity contribution in [3.05, 3.63) is 259 Å². The lowest BCUT2D eigenvalue weighted by Gasteiger charge is -2.34. The Morgan fingerprint density at radius 3 is 1.73 bits per heavy atom. The number of benzene rings is 9. The molecule has 0 unspecified atom stereocenters. The molecule has 9 aromatic carbocycles.